The van der Waals surface area contributed by atoms with Gasteiger partial charge < -0.3 is 10.1 Å². The van der Waals surface area contributed by atoms with Crippen LogP contribution in [0.4, 0.5) is 0 Å². The van der Waals surface area contributed by atoms with Crippen LogP contribution in [0.25, 0.3) is 10.6 Å². The molecule has 0 radical (unpaired) electrons. The highest BCUT2D eigenvalue weighted by atomic mass is 35.5. The molecule has 30 heavy (non-hydrogen) atoms. The summed E-state index contributed by atoms with van der Waals surface area (Å²) in [6.45, 7) is 0.864. The summed E-state index contributed by atoms with van der Waals surface area (Å²) >= 11 is 7.83. The first kappa shape index (κ1) is 20.1. The molecule has 1 amide bonds. The Morgan fingerprint density at radius 3 is 2.67 bits per heavy atom. The van der Waals surface area contributed by atoms with Crippen LogP contribution < -0.4 is 10.1 Å². The van der Waals surface area contributed by atoms with Gasteiger partial charge in [0.15, 0.2) is 0 Å². The predicted octanol–water partition coefficient (Wildman–Crippen LogP) is 5.37. The van der Waals surface area contributed by atoms with Crippen molar-refractivity contribution < 1.29 is 9.53 Å². The van der Waals surface area contributed by atoms with Crippen molar-refractivity contribution in [1.82, 2.24) is 15.3 Å². The molecule has 0 aliphatic carbocycles. The lowest BCUT2D eigenvalue weighted by Gasteiger charge is -2.08. The molecule has 2 heterocycles. The van der Waals surface area contributed by atoms with Crippen LogP contribution in [0, 0.1) is 0 Å². The van der Waals surface area contributed by atoms with Gasteiger partial charge in [0.05, 0.1) is 5.02 Å². The number of nitrogens with one attached hydrogen (secondary N) is 1. The normalized spacial score (nSPS) is 10.6. The van der Waals surface area contributed by atoms with Gasteiger partial charge in [-0.1, -0.05) is 48.0 Å². The minimum atomic E-state index is -0.236. The fourth-order valence-corrected chi connectivity index (χ4v) is 3.93. The standard InChI is InChI=1S/C23H18ClN3O2S/c24-20-11-18(29-14-16-5-2-1-3-6-16)8-9-19(20)23-27-21(15-30-23)22(28)26-13-17-7-4-10-25-12-17/h1-12,15H,13-14H2,(H,26,28). The van der Waals surface area contributed by atoms with E-state index in [1.165, 1.54) is 11.3 Å². The van der Waals surface area contributed by atoms with Gasteiger partial charge in [-0.2, -0.15) is 0 Å². The molecule has 2 aromatic carbocycles. The van der Waals surface area contributed by atoms with Gasteiger partial charge in [0.2, 0.25) is 0 Å². The maximum atomic E-state index is 12.4. The maximum absolute atomic E-state index is 12.4. The van der Waals surface area contributed by atoms with Crippen molar-refractivity contribution in [2.45, 2.75) is 13.2 Å². The Morgan fingerprint density at radius 1 is 1.07 bits per heavy atom. The van der Waals surface area contributed by atoms with E-state index in [0.717, 1.165) is 16.7 Å². The summed E-state index contributed by atoms with van der Waals surface area (Å²) in [5.41, 5.74) is 3.13. The second-order valence-corrected chi connectivity index (χ2v) is 7.76. The average molecular weight is 436 g/mol. The van der Waals surface area contributed by atoms with E-state index in [2.05, 4.69) is 15.3 Å². The van der Waals surface area contributed by atoms with E-state index in [9.17, 15) is 4.79 Å². The minimum Gasteiger partial charge on any atom is -0.489 e. The number of halogens is 1. The molecule has 0 fully saturated rings. The topological polar surface area (TPSA) is 64.1 Å². The van der Waals surface area contributed by atoms with Crippen molar-refractivity contribution in [3.63, 3.8) is 0 Å². The Bertz CT molecular complexity index is 1130. The summed E-state index contributed by atoms with van der Waals surface area (Å²) < 4.78 is 5.81. The summed E-state index contributed by atoms with van der Waals surface area (Å²) in [6, 6.07) is 19.1. The zero-order valence-electron chi connectivity index (χ0n) is 15.9. The fourth-order valence-electron chi connectivity index (χ4n) is 2.78. The van der Waals surface area contributed by atoms with Gasteiger partial charge in [0, 0.05) is 29.9 Å². The Balaban J connectivity index is 1.40. The molecule has 0 aliphatic rings. The van der Waals surface area contributed by atoms with Crippen molar-refractivity contribution >= 4 is 28.8 Å². The first-order valence-corrected chi connectivity index (χ1v) is 10.5. The molecular formula is C23H18ClN3O2S. The molecule has 0 spiro atoms. The second-order valence-electron chi connectivity index (χ2n) is 6.50. The molecule has 7 heteroatoms. The molecule has 2 aromatic heterocycles. The number of carbonyl (C=O) groups is 1. The average Bonchev–Trinajstić information content (AvgIpc) is 3.27. The number of nitrogens with zero attached hydrogens (tertiary/aromatic N) is 2. The summed E-state index contributed by atoms with van der Waals surface area (Å²) in [5.74, 6) is 0.443. The van der Waals surface area contributed by atoms with Gasteiger partial charge in [-0.25, -0.2) is 4.98 Å². The quantitative estimate of drug-likeness (QED) is 0.424. The van der Waals surface area contributed by atoms with Crippen molar-refractivity contribution in [1.29, 1.82) is 0 Å². The number of aromatic nitrogens is 2. The largest absolute Gasteiger partial charge is 0.489 e. The van der Waals surface area contributed by atoms with Gasteiger partial charge >= 0.3 is 0 Å². The van der Waals surface area contributed by atoms with E-state index in [1.807, 2.05) is 54.6 Å². The number of carbonyl (C=O) groups excluding carboxylic acids is 1. The number of benzene rings is 2. The zero-order valence-corrected chi connectivity index (χ0v) is 17.5. The summed E-state index contributed by atoms with van der Waals surface area (Å²) in [5, 5.41) is 5.78. The highest BCUT2D eigenvalue weighted by Gasteiger charge is 2.14. The first-order valence-electron chi connectivity index (χ1n) is 9.28. The molecule has 0 unspecified atom stereocenters. The van der Waals surface area contributed by atoms with Crippen molar-refractivity contribution in [3.8, 4) is 16.3 Å². The molecule has 0 saturated heterocycles. The highest BCUT2D eigenvalue weighted by Crippen LogP contribution is 2.33. The lowest BCUT2D eigenvalue weighted by molar-refractivity contribution is 0.0946. The first-order chi connectivity index (χ1) is 14.7. The van der Waals surface area contributed by atoms with Crippen molar-refractivity contribution in [2.75, 3.05) is 0 Å². The number of hydrogen-bond acceptors (Lipinski definition) is 5. The van der Waals surface area contributed by atoms with Crippen LogP contribution in [-0.2, 0) is 13.2 Å². The number of ether oxygens (including phenoxy) is 1. The Labute approximate surface area is 183 Å². The van der Waals surface area contributed by atoms with Gasteiger partial charge in [0.1, 0.15) is 23.1 Å². The van der Waals surface area contributed by atoms with Gasteiger partial charge in [0.25, 0.3) is 5.91 Å². The number of amides is 1. The monoisotopic (exact) mass is 435 g/mol. The third-order valence-electron chi connectivity index (χ3n) is 4.33. The van der Waals surface area contributed by atoms with E-state index in [-0.39, 0.29) is 5.91 Å². The van der Waals surface area contributed by atoms with Crippen LogP contribution >= 0.6 is 22.9 Å². The lowest BCUT2D eigenvalue weighted by atomic mass is 10.2. The Morgan fingerprint density at radius 2 is 1.90 bits per heavy atom. The van der Waals surface area contributed by atoms with Crippen LogP contribution in [0.15, 0.2) is 78.4 Å². The molecule has 0 saturated carbocycles. The third-order valence-corrected chi connectivity index (χ3v) is 5.52. The summed E-state index contributed by atoms with van der Waals surface area (Å²) in [4.78, 5) is 20.9. The second kappa shape index (κ2) is 9.52. The third kappa shape index (κ3) is 5.03. The Kier molecular flexibility index (Phi) is 6.37. The predicted molar refractivity (Wildman–Crippen MR) is 119 cm³/mol. The van der Waals surface area contributed by atoms with E-state index < -0.39 is 0 Å². The summed E-state index contributed by atoms with van der Waals surface area (Å²) in [6.07, 6.45) is 3.41. The molecule has 150 valence electrons. The zero-order chi connectivity index (χ0) is 20.8. The van der Waals surface area contributed by atoms with Crippen LogP contribution in [0.2, 0.25) is 5.02 Å². The SMILES string of the molecule is O=C(NCc1cccnc1)c1csc(-c2ccc(OCc3ccccc3)cc2Cl)n1. The Hall–Kier alpha value is -3.22. The fraction of sp³-hybridized carbons (Fsp3) is 0.0870. The van der Waals surface area contributed by atoms with Gasteiger partial charge in [-0.3, -0.25) is 9.78 Å². The number of hydrogen-bond donors (Lipinski definition) is 1. The van der Waals surface area contributed by atoms with Gasteiger partial charge in [-0.15, -0.1) is 11.3 Å². The van der Waals surface area contributed by atoms with Crippen LogP contribution in [0.1, 0.15) is 21.6 Å². The lowest BCUT2D eigenvalue weighted by Crippen LogP contribution is -2.23. The molecule has 5 nitrogen and oxygen atoms in total. The van der Waals surface area contributed by atoms with E-state index in [4.69, 9.17) is 16.3 Å². The number of thiazole rings is 1. The van der Waals surface area contributed by atoms with Crippen molar-refractivity contribution in [3.05, 3.63) is 100 Å². The van der Waals surface area contributed by atoms with Crippen molar-refractivity contribution in [2.24, 2.45) is 0 Å². The molecule has 4 rings (SSSR count). The molecule has 0 bridgehead atoms. The molecule has 1 N–H and O–H groups in total. The minimum absolute atomic E-state index is 0.236. The number of rotatable bonds is 7. The molecule has 0 aliphatic heterocycles. The van der Waals surface area contributed by atoms with E-state index in [0.29, 0.717) is 34.6 Å². The highest BCUT2D eigenvalue weighted by molar-refractivity contribution is 7.13. The van der Waals surface area contributed by atoms with E-state index in [1.54, 1.807) is 23.8 Å². The van der Waals surface area contributed by atoms with Gasteiger partial charge in [-0.05, 0) is 35.4 Å². The van der Waals surface area contributed by atoms with Crippen LogP contribution in [0.3, 0.4) is 0 Å². The van der Waals surface area contributed by atoms with Crippen LogP contribution in [-0.4, -0.2) is 15.9 Å². The number of pyridine rings is 1. The van der Waals surface area contributed by atoms with Crippen LogP contribution in [0.5, 0.6) is 5.75 Å². The summed E-state index contributed by atoms with van der Waals surface area (Å²) in [7, 11) is 0. The molecular weight excluding hydrogens is 418 g/mol. The maximum Gasteiger partial charge on any atom is 0.271 e. The molecule has 4 aromatic rings. The smallest absolute Gasteiger partial charge is 0.271 e. The molecule has 0 atom stereocenters. The van der Waals surface area contributed by atoms with E-state index >= 15 is 0 Å².